The average molecular weight is 1100 g/mol. The van der Waals surface area contributed by atoms with Gasteiger partial charge in [0.2, 0.25) is 0 Å². The van der Waals surface area contributed by atoms with Crippen molar-refractivity contribution in [3.05, 3.63) is 97.2 Å². The van der Waals surface area contributed by atoms with Gasteiger partial charge in [-0.25, -0.2) is 0 Å². The Labute approximate surface area is 489 Å². The molecule has 1 atom stereocenters. The lowest BCUT2D eigenvalue weighted by Crippen LogP contribution is -2.30. The standard InChI is InChI=1S/C73H126O6/c1-4-7-10-13-16-18-20-22-24-26-28-29-30-31-32-33-34-35-36-37-38-39-40-41-42-43-45-46-48-50-52-54-57-60-63-66-72(75)78-69-70(68-77-71(74)65-62-59-56-15-12-9-6-3)79-73(76)67-64-61-58-55-53-51-49-47-44-27-25-23-21-19-17-14-11-8-5-2/h7,10,16,18,22-25,28-29,31-32,34-35,37-38,70H,4-6,8-9,11-15,17,19-21,26-27,30,33,36,39-69H2,1-3H3/b10-7-,18-16-,24-22-,25-23-,29-28-,32-31-,35-34-,38-37-. The zero-order valence-corrected chi connectivity index (χ0v) is 52.1. The zero-order chi connectivity index (χ0) is 57.1. The summed E-state index contributed by atoms with van der Waals surface area (Å²) < 4.78 is 16.9. The van der Waals surface area contributed by atoms with Crippen molar-refractivity contribution in [2.24, 2.45) is 0 Å². The molecule has 0 fully saturated rings. The lowest BCUT2D eigenvalue weighted by molar-refractivity contribution is -0.167. The van der Waals surface area contributed by atoms with Crippen molar-refractivity contribution in [2.75, 3.05) is 13.2 Å². The second-order valence-corrected chi connectivity index (χ2v) is 22.4. The van der Waals surface area contributed by atoms with Crippen LogP contribution in [0.15, 0.2) is 97.2 Å². The highest BCUT2D eigenvalue weighted by molar-refractivity contribution is 5.71. The van der Waals surface area contributed by atoms with E-state index in [1.165, 1.54) is 186 Å². The van der Waals surface area contributed by atoms with Gasteiger partial charge in [0.15, 0.2) is 6.10 Å². The van der Waals surface area contributed by atoms with Crippen LogP contribution in [0.4, 0.5) is 0 Å². The van der Waals surface area contributed by atoms with E-state index in [0.717, 1.165) is 103 Å². The highest BCUT2D eigenvalue weighted by Crippen LogP contribution is 2.17. The van der Waals surface area contributed by atoms with Crippen LogP contribution >= 0.6 is 0 Å². The Morgan fingerprint density at radius 2 is 0.494 bits per heavy atom. The van der Waals surface area contributed by atoms with E-state index in [0.29, 0.717) is 19.3 Å². The highest BCUT2D eigenvalue weighted by atomic mass is 16.6. The number of esters is 3. The molecule has 0 aliphatic heterocycles. The summed E-state index contributed by atoms with van der Waals surface area (Å²) >= 11 is 0. The fourth-order valence-corrected chi connectivity index (χ4v) is 9.54. The van der Waals surface area contributed by atoms with Crippen LogP contribution in [0, 0.1) is 0 Å². The number of hydrogen-bond donors (Lipinski definition) is 0. The summed E-state index contributed by atoms with van der Waals surface area (Å²) in [4.78, 5) is 38.1. The van der Waals surface area contributed by atoms with Crippen LogP contribution in [0.3, 0.4) is 0 Å². The molecule has 0 rings (SSSR count). The van der Waals surface area contributed by atoms with Crippen LogP contribution in [0.25, 0.3) is 0 Å². The van der Waals surface area contributed by atoms with Gasteiger partial charge in [-0.3, -0.25) is 14.4 Å². The van der Waals surface area contributed by atoms with Crippen LogP contribution in [0.1, 0.15) is 329 Å². The summed E-state index contributed by atoms with van der Waals surface area (Å²) in [5, 5.41) is 0. The molecular weight excluding hydrogens is 973 g/mol. The van der Waals surface area contributed by atoms with Gasteiger partial charge in [0, 0.05) is 19.3 Å². The Bertz CT molecular complexity index is 1540. The number of carbonyl (C=O) groups excluding carboxylic acids is 3. The van der Waals surface area contributed by atoms with Crippen LogP contribution in [-0.4, -0.2) is 37.2 Å². The van der Waals surface area contributed by atoms with Crippen molar-refractivity contribution in [2.45, 2.75) is 335 Å². The number of hydrogen-bond acceptors (Lipinski definition) is 6. The van der Waals surface area contributed by atoms with E-state index >= 15 is 0 Å². The van der Waals surface area contributed by atoms with Crippen molar-refractivity contribution in [3.8, 4) is 0 Å². The van der Waals surface area contributed by atoms with Crippen LogP contribution < -0.4 is 0 Å². The van der Waals surface area contributed by atoms with Gasteiger partial charge in [0.25, 0.3) is 0 Å². The molecule has 0 aromatic rings. The average Bonchev–Trinajstić information content (AvgIpc) is 3.45. The molecule has 1 unspecified atom stereocenters. The second kappa shape index (κ2) is 66.8. The largest absolute Gasteiger partial charge is 0.462 e. The molecule has 0 amide bonds. The topological polar surface area (TPSA) is 78.9 Å². The quantitative estimate of drug-likeness (QED) is 0.0261. The van der Waals surface area contributed by atoms with E-state index in [2.05, 4.69) is 118 Å². The van der Waals surface area contributed by atoms with Gasteiger partial charge < -0.3 is 14.2 Å². The first-order valence-electron chi connectivity index (χ1n) is 33.7. The molecule has 0 aromatic heterocycles. The molecule has 0 aliphatic rings. The van der Waals surface area contributed by atoms with Crippen molar-refractivity contribution >= 4 is 17.9 Å². The van der Waals surface area contributed by atoms with Crippen molar-refractivity contribution in [3.63, 3.8) is 0 Å². The maximum atomic E-state index is 12.9. The van der Waals surface area contributed by atoms with Gasteiger partial charge in [0.05, 0.1) is 0 Å². The van der Waals surface area contributed by atoms with Gasteiger partial charge in [-0.2, -0.15) is 0 Å². The summed E-state index contributed by atoms with van der Waals surface area (Å²) in [5.41, 5.74) is 0. The summed E-state index contributed by atoms with van der Waals surface area (Å²) in [6.45, 7) is 6.51. The van der Waals surface area contributed by atoms with E-state index in [1.54, 1.807) is 0 Å². The van der Waals surface area contributed by atoms with E-state index in [1.807, 2.05) is 0 Å². The summed E-state index contributed by atoms with van der Waals surface area (Å²) in [6.07, 6.45) is 90.2. The first kappa shape index (κ1) is 75.3. The monoisotopic (exact) mass is 1100 g/mol. The Hall–Kier alpha value is -3.67. The molecule has 0 saturated carbocycles. The van der Waals surface area contributed by atoms with E-state index in [-0.39, 0.29) is 31.1 Å². The molecule has 6 heteroatoms. The number of ether oxygens (including phenoxy) is 3. The number of carbonyl (C=O) groups is 3. The van der Waals surface area contributed by atoms with Gasteiger partial charge in [-0.15, -0.1) is 0 Å². The van der Waals surface area contributed by atoms with Gasteiger partial charge in [0.1, 0.15) is 13.2 Å². The smallest absolute Gasteiger partial charge is 0.306 e. The van der Waals surface area contributed by atoms with E-state index in [4.69, 9.17) is 14.2 Å². The molecule has 0 N–H and O–H groups in total. The first-order valence-corrected chi connectivity index (χ1v) is 33.7. The number of rotatable bonds is 61. The SMILES string of the molecule is CC/C=C\C/C=C\C/C=C\C/C=C\C/C=C\C/C=C\C/C=C\CCCCCCCCCCCCCCCC(=O)OCC(COC(=O)CCCCCCCCC)OC(=O)CCCCCCCCCCC/C=C\CCCCCCCC. The first-order chi connectivity index (χ1) is 39.0. The molecule has 0 bridgehead atoms. The Morgan fingerprint density at radius 1 is 0.266 bits per heavy atom. The molecule has 0 aliphatic carbocycles. The van der Waals surface area contributed by atoms with E-state index < -0.39 is 6.10 Å². The molecule has 79 heavy (non-hydrogen) atoms. The maximum Gasteiger partial charge on any atom is 0.306 e. The molecule has 0 aromatic carbocycles. The molecule has 0 spiro atoms. The molecule has 0 saturated heterocycles. The van der Waals surface area contributed by atoms with E-state index in [9.17, 15) is 14.4 Å². The second-order valence-electron chi connectivity index (χ2n) is 22.4. The van der Waals surface area contributed by atoms with Crippen LogP contribution in [0.5, 0.6) is 0 Å². The molecule has 0 radical (unpaired) electrons. The Balaban J connectivity index is 4.05. The molecular formula is C73H126O6. The third kappa shape index (κ3) is 65.0. The zero-order valence-electron chi connectivity index (χ0n) is 52.1. The fraction of sp³-hybridized carbons (Fsp3) is 0.740. The molecule has 0 heterocycles. The van der Waals surface area contributed by atoms with Crippen molar-refractivity contribution in [1.82, 2.24) is 0 Å². The lowest BCUT2D eigenvalue weighted by Gasteiger charge is -2.18. The minimum absolute atomic E-state index is 0.0744. The predicted molar refractivity (Wildman–Crippen MR) is 344 cm³/mol. The summed E-state index contributed by atoms with van der Waals surface area (Å²) in [6, 6.07) is 0. The van der Waals surface area contributed by atoms with Crippen molar-refractivity contribution in [1.29, 1.82) is 0 Å². The molecule has 6 nitrogen and oxygen atoms in total. The third-order valence-electron chi connectivity index (χ3n) is 14.6. The summed E-state index contributed by atoms with van der Waals surface area (Å²) in [5.74, 6) is -0.872. The highest BCUT2D eigenvalue weighted by Gasteiger charge is 2.19. The Kier molecular flexibility index (Phi) is 63.7. The normalized spacial score (nSPS) is 12.7. The fourth-order valence-electron chi connectivity index (χ4n) is 9.54. The van der Waals surface area contributed by atoms with Crippen LogP contribution in [0.2, 0.25) is 0 Å². The van der Waals surface area contributed by atoms with Crippen LogP contribution in [-0.2, 0) is 28.6 Å². The van der Waals surface area contributed by atoms with Gasteiger partial charge in [-0.05, 0) is 103 Å². The summed E-state index contributed by atoms with van der Waals surface area (Å²) in [7, 11) is 0. The minimum Gasteiger partial charge on any atom is -0.462 e. The van der Waals surface area contributed by atoms with Gasteiger partial charge >= 0.3 is 17.9 Å². The third-order valence-corrected chi connectivity index (χ3v) is 14.6. The Morgan fingerprint density at radius 3 is 0.785 bits per heavy atom. The van der Waals surface area contributed by atoms with Crippen molar-refractivity contribution < 1.29 is 28.6 Å². The number of allylic oxidation sites excluding steroid dienone is 16. The maximum absolute atomic E-state index is 12.9. The number of unbranched alkanes of at least 4 members (excludes halogenated alkanes) is 34. The predicted octanol–water partition coefficient (Wildman–Crippen LogP) is 23.2. The molecule has 454 valence electrons. The lowest BCUT2D eigenvalue weighted by atomic mass is 10.0. The van der Waals surface area contributed by atoms with Gasteiger partial charge in [-0.1, -0.05) is 304 Å². The minimum atomic E-state index is -0.775.